The highest BCUT2D eigenvalue weighted by Gasteiger charge is 2.64. The van der Waals surface area contributed by atoms with Crippen LogP contribution in [0.4, 0.5) is 11.5 Å². The molecule has 3 amide bonds. The summed E-state index contributed by atoms with van der Waals surface area (Å²) >= 11 is 3.28. The average Bonchev–Trinajstić information content (AvgIpc) is 3.32. The van der Waals surface area contributed by atoms with Crippen LogP contribution < -0.4 is 16.4 Å². The van der Waals surface area contributed by atoms with E-state index in [1.807, 2.05) is 0 Å². The predicted molar refractivity (Wildman–Crippen MR) is 123 cm³/mol. The molecule has 2 aromatic rings. The molecule has 1 aromatic heterocycles. The van der Waals surface area contributed by atoms with Crippen molar-refractivity contribution in [2.24, 2.45) is 11.1 Å². The van der Waals surface area contributed by atoms with Gasteiger partial charge >= 0.3 is 0 Å². The van der Waals surface area contributed by atoms with Crippen LogP contribution in [-0.2, 0) is 14.4 Å². The Morgan fingerprint density at radius 3 is 2.69 bits per heavy atom. The SMILES string of the molecule is C[C@@]12C[C@@H](C(=O)Nc3cccc(Br)n3)N(C(=O)CNc3ccccc3C(=N)C(N)=O)[C@@H]1C2. The zero-order chi connectivity index (χ0) is 23.0. The lowest BCUT2D eigenvalue weighted by Crippen LogP contribution is -2.47. The average molecular weight is 499 g/mol. The Balaban J connectivity index is 1.47. The van der Waals surface area contributed by atoms with Crippen molar-refractivity contribution in [3.8, 4) is 0 Å². The van der Waals surface area contributed by atoms with Gasteiger partial charge in [0.2, 0.25) is 11.8 Å². The fourth-order valence-corrected chi connectivity index (χ4v) is 4.64. The second-order valence-electron chi connectivity index (χ2n) is 8.37. The van der Waals surface area contributed by atoms with E-state index in [9.17, 15) is 14.4 Å². The number of rotatable bonds is 7. The summed E-state index contributed by atoms with van der Waals surface area (Å²) in [6.45, 7) is 2.01. The summed E-state index contributed by atoms with van der Waals surface area (Å²) in [5.41, 5.74) is 5.62. The molecule has 1 saturated carbocycles. The van der Waals surface area contributed by atoms with Crippen LogP contribution in [0.1, 0.15) is 25.3 Å². The molecule has 0 spiro atoms. The molecule has 1 saturated heterocycles. The summed E-state index contributed by atoms with van der Waals surface area (Å²) in [6, 6.07) is 11.3. The van der Waals surface area contributed by atoms with Crippen molar-refractivity contribution in [1.82, 2.24) is 9.88 Å². The van der Waals surface area contributed by atoms with Crippen LogP contribution in [0.15, 0.2) is 47.1 Å². The maximum Gasteiger partial charge on any atom is 0.267 e. The van der Waals surface area contributed by atoms with E-state index >= 15 is 0 Å². The molecule has 4 rings (SSSR count). The van der Waals surface area contributed by atoms with E-state index in [1.54, 1.807) is 47.4 Å². The van der Waals surface area contributed by atoms with Crippen molar-refractivity contribution in [2.75, 3.05) is 17.2 Å². The normalized spacial score (nSPS) is 23.2. The van der Waals surface area contributed by atoms with Gasteiger partial charge in [-0.2, -0.15) is 0 Å². The number of carbonyl (C=O) groups is 3. The van der Waals surface area contributed by atoms with Crippen molar-refractivity contribution in [2.45, 2.75) is 31.8 Å². The predicted octanol–water partition coefficient (Wildman–Crippen LogP) is 2.13. The lowest BCUT2D eigenvalue weighted by Gasteiger charge is -2.27. The molecule has 0 bridgehead atoms. The third-order valence-electron chi connectivity index (χ3n) is 6.07. The number of anilines is 2. The smallest absolute Gasteiger partial charge is 0.267 e. The van der Waals surface area contributed by atoms with E-state index < -0.39 is 11.9 Å². The van der Waals surface area contributed by atoms with Crippen LogP contribution in [0.5, 0.6) is 0 Å². The number of carbonyl (C=O) groups excluding carboxylic acids is 3. The molecule has 10 heteroatoms. The van der Waals surface area contributed by atoms with E-state index in [2.05, 4.69) is 38.5 Å². The molecular formula is C22H23BrN6O3. The van der Waals surface area contributed by atoms with Crippen LogP contribution >= 0.6 is 15.9 Å². The number of fused-ring (bicyclic) bond motifs is 1. The van der Waals surface area contributed by atoms with Crippen LogP contribution in [-0.4, -0.2) is 51.9 Å². The second-order valence-corrected chi connectivity index (χ2v) is 9.18. The highest BCUT2D eigenvalue weighted by atomic mass is 79.9. The summed E-state index contributed by atoms with van der Waals surface area (Å²) in [5.74, 6) is -0.927. The first-order chi connectivity index (χ1) is 15.2. The molecule has 2 fully saturated rings. The summed E-state index contributed by atoms with van der Waals surface area (Å²) in [6.07, 6.45) is 1.45. The first-order valence-electron chi connectivity index (χ1n) is 10.2. The summed E-state index contributed by atoms with van der Waals surface area (Å²) in [7, 11) is 0. The monoisotopic (exact) mass is 498 g/mol. The Bertz CT molecular complexity index is 1120. The third kappa shape index (κ3) is 4.22. The maximum atomic E-state index is 13.1. The minimum atomic E-state index is -0.850. The number of hydrogen-bond donors (Lipinski definition) is 4. The lowest BCUT2D eigenvalue weighted by atomic mass is 10.0. The number of piperidine rings is 1. The number of primary amides is 1. The third-order valence-corrected chi connectivity index (χ3v) is 6.51. The number of hydrogen-bond acceptors (Lipinski definition) is 6. The van der Waals surface area contributed by atoms with Crippen LogP contribution in [0.2, 0.25) is 0 Å². The molecule has 2 aliphatic rings. The van der Waals surface area contributed by atoms with E-state index in [-0.39, 0.29) is 35.5 Å². The minimum absolute atomic E-state index is 0.0159. The van der Waals surface area contributed by atoms with Gasteiger partial charge in [0.05, 0.1) is 6.54 Å². The van der Waals surface area contributed by atoms with E-state index in [1.165, 1.54) is 0 Å². The number of nitrogens with two attached hydrogens (primary N) is 1. The van der Waals surface area contributed by atoms with Crippen molar-refractivity contribution < 1.29 is 14.4 Å². The van der Waals surface area contributed by atoms with Gasteiger partial charge in [-0.1, -0.05) is 31.2 Å². The molecule has 0 unspecified atom stereocenters. The van der Waals surface area contributed by atoms with Crippen LogP contribution in [0.25, 0.3) is 0 Å². The molecule has 166 valence electrons. The minimum Gasteiger partial charge on any atom is -0.376 e. The van der Waals surface area contributed by atoms with Crippen LogP contribution in [0.3, 0.4) is 0 Å². The standard InChI is InChI=1S/C22H23BrN6O3/c1-22-9-14(21(32)28-17-8-4-7-16(23)27-17)29(15(22)10-22)18(30)11-26-13-6-3-2-5-12(13)19(24)20(25)31/h2-8,14-15,24,26H,9-11H2,1H3,(H2,25,31)(H,27,28,32)/t14-,15+,22-/m0/s1. The molecule has 0 radical (unpaired) electrons. The topological polar surface area (TPSA) is 141 Å². The largest absolute Gasteiger partial charge is 0.376 e. The highest BCUT2D eigenvalue weighted by Crippen LogP contribution is 2.59. The molecule has 1 aliphatic carbocycles. The first kappa shape index (κ1) is 21.9. The summed E-state index contributed by atoms with van der Waals surface area (Å²) < 4.78 is 0.605. The van der Waals surface area contributed by atoms with Gasteiger partial charge < -0.3 is 21.3 Å². The van der Waals surface area contributed by atoms with Gasteiger partial charge in [0.25, 0.3) is 5.91 Å². The summed E-state index contributed by atoms with van der Waals surface area (Å²) in [4.78, 5) is 43.4. The number of likely N-dealkylation sites (tertiary alicyclic amines) is 1. The van der Waals surface area contributed by atoms with E-state index in [0.29, 0.717) is 28.1 Å². The van der Waals surface area contributed by atoms with Gasteiger partial charge in [0, 0.05) is 17.3 Å². The highest BCUT2D eigenvalue weighted by molar-refractivity contribution is 9.10. The van der Waals surface area contributed by atoms with Gasteiger partial charge in [-0.15, -0.1) is 0 Å². The molecule has 1 aromatic carbocycles. The number of nitrogens with one attached hydrogen (secondary N) is 3. The Kier molecular flexibility index (Phi) is 5.72. The number of benzene rings is 1. The number of nitrogens with zero attached hydrogens (tertiary/aromatic N) is 2. The Hall–Kier alpha value is -3.27. The van der Waals surface area contributed by atoms with Gasteiger partial charge in [-0.05, 0) is 52.4 Å². The van der Waals surface area contributed by atoms with E-state index in [4.69, 9.17) is 11.1 Å². The molecule has 1 aliphatic heterocycles. The molecule has 9 nitrogen and oxygen atoms in total. The Labute approximate surface area is 193 Å². The molecule has 32 heavy (non-hydrogen) atoms. The molecule has 5 N–H and O–H groups in total. The zero-order valence-corrected chi connectivity index (χ0v) is 19.0. The van der Waals surface area contributed by atoms with Gasteiger partial charge in [-0.3, -0.25) is 19.8 Å². The van der Waals surface area contributed by atoms with Gasteiger partial charge in [0.1, 0.15) is 22.2 Å². The molecule has 3 atom stereocenters. The molecular weight excluding hydrogens is 476 g/mol. The zero-order valence-electron chi connectivity index (χ0n) is 17.4. The quantitative estimate of drug-likeness (QED) is 0.341. The van der Waals surface area contributed by atoms with Crippen molar-refractivity contribution in [1.29, 1.82) is 5.41 Å². The second kappa shape index (κ2) is 8.34. The maximum absolute atomic E-state index is 13.1. The fraction of sp³-hybridized carbons (Fsp3) is 0.318. The van der Waals surface area contributed by atoms with Crippen molar-refractivity contribution >= 4 is 50.9 Å². The molecule has 2 heterocycles. The first-order valence-corrected chi connectivity index (χ1v) is 10.9. The number of halogens is 1. The lowest BCUT2D eigenvalue weighted by molar-refractivity contribution is -0.136. The number of aromatic nitrogens is 1. The number of pyridine rings is 1. The number of amides is 3. The van der Waals surface area contributed by atoms with Crippen LogP contribution in [0, 0.1) is 10.8 Å². The van der Waals surface area contributed by atoms with Gasteiger partial charge in [0.15, 0.2) is 0 Å². The number of para-hydroxylation sites is 1. The van der Waals surface area contributed by atoms with Gasteiger partial charge in [-0.25, -0.2) is 4.98 Å². The Morgan fingerprint density at radius 1 is 1.22 bits per heavy atom. The van der Waals surface area contributed by atoms with Crippen molar-refractivity contribution in [3.05, 3.63) is 52.6 Å². The Morgan fingerprint density at radius 2 is 1.97 bits per heavy atom. The van der Waals surface area contributed by atoms with E-state index in [0.717, 1.165) is 6.42 Å². The summed E-state index contributed by atoms with van der Waals surface area (Å²) in [5, 5.41) is 13.7. The van der Waals surface area contributed by atoms with Crippen molar-refractivity contribution in [3.63, 3.8) is 0 Å². The fourth-order valence-electron chi connectivity index (χ4n) is 4.30.